The van der Waals surface area contributed by atoms with Gasteiger partial charge in [-0.1, -0.05) is 30.3 Å². The van der Waals surface area contributed by atoms with Gasteiger partial charge in [0.2, 0.25) is 0 Å². The number of benzene rings is 2. The summed E-state index contributed by atoms with van der Waals surface area (Å²) in [6.45, 7) is 2.88. The molecule has 3 aliphatic rings. The molecule has 3 aliphatic heterocycles. The zero-order valence-electron chi connectivity index (χ0n) is 19.8. The van der Waals surface area contributed by atoms with Crippen molar-refractivity contribution in [3.8, 4) is 0 Å². The molecule has 1 aromatic heterocycles. The van der Waals surface area contributed by atoms with Crippen molar-refractivity contribution in [3.63, 3.8) is 0 Å². The summed E-state index contributed by atoms with van der Waals surface area (Å²) in [7, 11) is 2.16. The molecule has 2 atom stereocenters. The molecule has 0 N–H and O–H groups in total. The van der Waals surface area contributed by atoms with Gasteiger partial charge in [-0.2, -0.15) is 0 Å². The van der Waals surface area contributed by atoms with Gasteiger partial charge in [-0.3, -0.25) is 19.7 Å². The third kappa shape index (κ3) is 3.91. The Morgan fingerprint density at radius 3 is 2.63 bits per heavy atom. The van der Waals surface area contributed by atoms with E-state index in [1.165, 1.54) is 17.7 Å². The van der Waals surface area contributed by atoms with E-state index in [-0.39, 0.29) is 29.0 Å². The second-order valence-electron chi connectivity index (χ2n) is 10.0. The van der Waals surface area contributed by atoms with Gasteiger partial charge in [-0.05, 0) is 54.4 Å². The van der Waals surface area contributed by atoms with E-state index >= 15 is 0 Å². The number of nitrogens with zero attached hydrogens (tertiary/aromatic N) is 3. The number of ether oxygens (including phenoxy) is 1. The first-order valence-corrected chi connectivity index (χ1v) is 12.2. The monoisotopic (exact) mass is 469 g/mol. The molecular weight excluding hydrogens is 441 g/mol. The smallest absolute Gasteiger partial charge is 0.139 e. The minimum absolute atomic E-state index is 0.00773. The molecule has 0 saturated carbocycles. The van der Waals surface area contributed by atoms with Crippen LogP contribution < -0.4 is 0 Å². The highest BCUT2D eigenvalue weighted by Gasteiger charge is 2.57. The number of halogens is 1. The Bertz CT molecular complexity index is 1290. The number of ketones is 1. The molecule has 0 bridgehead atoms. The number of likely N-dealkylation sites (tertiary alicyclic amines) is 1. The van der Waals surface area contributed by atoms with Crippen LogP contribution in [-0.2, 0) is 22.5 Å². The van der Waals surface area contributed by atoms with Crippen molar-refractivity contribution in [1.29, 1.82) is 0 Å². The summed E-state index contributed by atoms with van der Waals surface area (Å²) in [6.07, 6.45) is 2.66. The predicted octanol–water partition coefficient (Wildman–Crippen LogP) is 4.19. The van der Waals surface area contributed by atoms with Crippen molar-refractivity contribution in [2.75, 3.05) is 26.8 Å². The molecule has 2 saturated heterocycles. The second kappa shape index (κ2) is 8.77. The first-order chi connectivity index (χ1) is 17.0. The molecule has 6 heteroatoms. The molecule has 3 aromatic rings. The zero-order chi connectivity index (χ0) is 24.0. The summed E-state index contributed by atoms with van der Waals surface area (Å²) in [4.78, 5) is 24.9. The molecular formula is C29H28FN3O2. The fourth-order valence-electron chi connectivity index (χ4n) is 6.11. The van der Waals surface area contributed by atoms with Gasteiger partial charge in [0, 0.05) is 48.3 Å². The molecule has 4 heterocycles. The maximum absolute atomic E-state index is 13.3. The first-order valence-electron chi connectivity index (χ1n) is 12.2. The molecule has 35 heavy (non-hydrogen) atoms. The van der Waals surface area contributed by atoms with Crippen molar-refractivity contribution >= 4 is 11.5 Å². The van der Waals surface area contributed by atoms with E-state index in [0.29, 0.717) is 19.4 Å². The highest BCUT2D eigenvalue weighted by atomic mass is 19.1. The Morgan fingerprint density at radius 2 is 1.91 bits per heavy atom. The second-order valence-corrected chi connectivity index (χ2v) is 10.0. The molecule has 2 aromatic carbocycles. The molecule has 0 radical (unpaired) electrons. The van der Waals surface area contributed by atoms with Crippen LogP contribution in [0.2, 0.25) is 0 Å². The number of hydrogen-bond donors (Lipinski definition) is 0. The standard InChI is InChI=1S/C29H28FN3O2/c1-33-16-22(27(29(33)17-35-18-29)19-5-3-2-4-6-19)12-25(34)13-24-11-21-14-32-28(26(21)15-31-24)20-7-9-23(30)10-8-20/h2-11,15,22,27H,12-14,16-18H2,1H3/t22-,27+/m1/s1. The number of carbonyl (C=O) groups is 1. The number of rotatable bonds is 6. The van der Waals surface area contributed by atoms with Gasteiger partial charge in [0.25, 0.3) is 0 Å². The van der Waals surface area contributed by atoms with E-state index in [1.807, 2.05) is 18.3 Å². The van der Waals surface area contributed by atoms with Gasteiger partial charge >= 0.3 is 0 Å². The summed E-state index contributed by atoms with van der Waals surface area (Å²) < 4.78 is 19.0. The topological polar surface area (TPSA) is 54.8 Å². The van der Waals surface area contributed by atoms with Crippen LogP contribution in [0.1, 0.15) is 40.3 Å². The van der Waals surface area contributed by atoms with Crippen LogP contribution in [0.3, 0.4) is 0 Å². The Hall–Kier alpha value is -3.22. The van der Waals surface area contributed by atoms with Crippen molar-refractivity contribution in [3.05, 3.63) is 101 Å². The Labute approximate surface area is 204 Å². The average molecular weight is 470 g/mol. The highest BCUT2D eigenvalue weighted by Crippen LogP contribution is 2.50. The van der Waals surface area contributed by atoms with Crippen molar-refractivity contribution < 1.29 is 13.9 Å². The van der Waals surface area contributed by atoms with Gasteiger partial charge in [-0.25, -0.2) is 4.39 Å². The summed E-state index contributed by atoms with van der Waals surface area (Å²) >= 11 is 0. The number of fused-ring (bicyclic) bond motifs is 1. The zero-order valence-corrected chi connectivity index (χ0v) is 19.8. The van der Waals surface area contributed by atoms with E-state index in [4.69, 9.17) is 4.74 Å². The fourth-order valence-corrected chi connectivity index (χ4v) is 6.11. The van der Waals surface area contributed by atoms with E-state index < -0.39 is 0 Å². The number of carbonyl (C=O) groups excluding carboxylic acids is 1. The molecule has 0 aliphatic carbocycles. The fraction of sp³-hybridized carbons (Fsp3) is 0.345. The van der Waals surface area contributed by atoms with Crippen LogP contribution in [0.4, 0.5) is 4.39 Å². The van der Waals surface area contributed by atoms with E-state index in [2.05, 4.69) is 46.2 Å². The van der Waals surface area contributed by atoms with Crippen LogP contribution in [-0.4, -0.2) is 53.7 Å². The van der Waals surface area contributed by atoms with Gasteiger partial charge < -0.3 is 4.74 Å². The largest absolute Gasteiger partial charge is 0.377 e. The number of pyridine rings is 1. The summed E-state index contributed by atoms with van der Waals surface area (Å²) in [6, 6.07) is 18.9. The number of aliphatic imine (C=N–C) groups is 1. The SMILES string of the molecule is CN1C[C@@H](CC(=O)Cc2cc3c(cn2)C(c2ccc(F)cc2)=NC3)[C@H](c2ccccc2)C12COC2. The van der Waals surface area contributed by atoms with Crippen LogP contribution in [0.5, 0.6) is 0 Å². The Balaban J connectivity index is 1.17. The first kappa shape index (κ1) is 22.3. The molecule has 6 rings (SSSR count). The number of likely N-dealkylation sites (N-methyl/N-ethyl adjacent to an activating group) is 1. The molecule has 5 nitrogen and oxygen atoms in total. The van der Waals surface area contributed by atoms with Gasteiger partial charge in [0.15, 0.2) is 0 Å². The minimum atomic E-state index is -0.265. The van der Waals surface area contributed by atoms with Gasteiger partial charge in [-0.15, -0.1) is 0 Å². The van der Waals surface area contributed by atoms with Crippen molar-refractivity contribution in [2.24, 2.45) is 10.9 Å². The molecule has 1 spiro atoms. The quantitative estimate of drug-likeness (QED) is 0.543. The average Bonchev–Trinajstić information content (AvgIpc) is 3.38. The van der Waals surface area contributed by atoms with E-state index in [1.54, 1.807) is 12.1 Å². The molecule has 0 amide bonds. The molecule has 178 valence electrons. The summed E-state index contributed by atoms with van der Waals surface area (Å²) in [5.41, 5.74) is 5.80. The van der Waals surface area contributed by atoms with Gasteiger partial charge in [0.1, 0.15) is 11.6 Å². The molecule has 2 fully saturated rings. The van der Waals surface area contributed by atoms with Crippen molar-refractivity contribution in [1.82, 2.24) is 9.88 Å². The Kier molecular flexibility index (Phi) is 5.58. The maximum atomic E-state index is 13.3. The van der Waals surface area contributed by atoms with Crippen molar-refractivity contribution in [2.45, 2.75) is 30.8 Å². The lowest BCUT2D eigenvalue weighted by Gasteiger charge is -2.48. The Morgan fingerprint density at radius 1 is 1.14 bits per heavy atom. The number of hydrogen-bond acceptors (Lipinski definition) is 5. The summed E-state index contributed by atoms with van der Waals surface area (Å²) in [5, 5.41) is 0. The third-order valence-corrected chi connectivity index (χ3v) is 7.88. The predicted molar refractivity (Wildman–Crippen MR) is 132 cm³/mol. The van der Waals surface area contributed by atoms with Gasteiger partial charge in [0.05, 0.1) is 31.0 Å². The van der Waals surface area contributed by atoms with Crippen LogP contribution in [0, 0.1) is 11.7 Å². The lowest BCUT2D eigenvalue weighted by Crippen LogP contribution is -2.60. The van der Waals surface area contributed by atoms with Crippen LogP contribution in [0.15, 0.2) is 71.9 Å². The molecule has 0 unspecified atom stereocenters. The third-order valence-electron chi connectivity index (χ3n) is 7.88. The van der Waals surface area contributed by atoms with Crippen LogP contribution >= 0.6 is 0 Å². The van der Waals surface area contributed by atoms with E-state index in [9.17, 15) is 9.18 Å². The normalized spacial score (nSPS) is 22.6. The lowest BCUT2D eigenvalue weighted by atomic mass is 9.72. The lowest BCUT2D eigenvalue weighted by molar-refractivity contribution is -0.125. The minimum Gasteiger partial charge on any atom is -0.377 e. The highest BCUT2D eigenvalue weighted by molar-refractivity contribution is 6.15. The van der Waals surface area contributed by atoms with Crippen LogP contribution in [0.25, 0.3) is 0 Å². The summed E-state index contributed by atoms with van der Waals surface area (Å²) in [5.74, 6) is 0.484. The maximum Gasteiger partial charge on any atom is 0.139 e. The number of Topliss-reactive ketones (excluding diaryl/α,β-unsaturated/α-hetero) is 1. The van der Waals surface area contributed by atoms with E-state index in [0.717, 1.165) is 47.9 Å². The number of aromatic nitrogens is 1.